The zero-order valence-electron chi connectivity index (χ0n) is 15.6. The topological polar surface area (TPSA) is 62.4 Å². The van der Waals surface area contributed by atoms with E-state index in [1.807, 2.05) is 19.1 Å². The molecule has 30 heavy (non-hydrogen) atoms. The van der Waals surface area contributed by atoms with Crippen LogP contribution in [0.5, 0.6) is 5.75 Å². The van der Waals surface area contributed by atoms with E-state index in [9.17, 15) is 4.79 Å². The van der Waals surface area contributed by atoms with Crippen LogP contribution in [0, 0.1) is 0 Å². The van der Waals surface area contributed by atoms with Gasteiger partial charge in [0.25, 0.3) is 5.91 Å². The molecule has 1 atom stereocenters. The minimum atomic E-state index is -1.90. The van der Waals surface area contributed by atoms with Gasteiger partial charge in [0, 0.05) is 5.02 Å². The number of amides is 1. The van der Waals surface area contributed by atoms with Gasteiger partial charge in [0.2, 0.25) is 3.79 Å². The summed E-state index contributed by atoms with van der Waals surface area (Å²) in [5.41, 5.74) is 1.61. The Bertz CT molecular complexity index is 891. The maximum absolute atomic E-state index is 12.3. The predicted molar refractivity (Wildman–Crippen MR) is 129 cm³/mol. The summed E-state index contributed by atoms with van der Waals surface area (Å²) >= 11 is 35.2. The molecule has 0 aliphatic heterocycles. The number of carbonyl (C=O) groups is 1. The zero-order valence-corrected chi connectivity index (χ0v) is 20.2. The van der Waals surface area contributed by atoms with Crippen LogP contribution in [0.15, 0.2) is 42.5 Å². The molecular weight excluding hydrogens is 512 g/mol. The van der Waals surface area contributed by atoms with Crippen molar-refractivity contribution in [2.24, 2.45) is 0 Å². The van der Waals surface area contributed by atoms with Gasteiger partial charge >= 0.3 is 0 Å². The lowest BCUT2D eigenvalue weighted by molar-refractivity contribution is -0.123. The molecule has 1 amide bonds. The molecule has 0 aliphatic rings. The molecule has 11 heteroatoms. The van der Waals surface area contributed by atoms with E-state index in [0.29, 0.717) is 21.5 Å². The van der Waals surface area contributed by atoms with Gasteiger partial charge in [-0.2, -0.15) is 0 Å². The molecule has 162 valence electrons. The van der Waals surface area contributed by atoms with Crippen LogP contribution >= 0.6 is 70.2 Å². The first-order valence-corrected chi connectivity index (χ1v) is 11.0. The van der Waals surface area contributed by atoms with Gasteiger partial charge in [-0.15, -0.1) is 0 Å². The van der Waals surface area contributed by atoms with Gasteiger partial charge in [-0.25, -0.2) is 0 Å². The fourth-order valence-electron chi connectivity index (χ4n) is 2.26. The highest BCUT2D eigenvalue weighted by Crippen LogP contribution is 2.30. The number of aryl methyl sites for hydroxylation is 1. The molecule has 0 saturated heterocycles. The lowest BCUT2D eigenvalue weighted by atomic mass is 10.2. The Balaban J connectivity index is 1.95. The van der Waals surface area contributed by atoms with Crippen molar-refractivity contribution in [2.75, 3.05) is 11.9 Å². The van der Waals surface area contributed by atoms with E-state index in [1.54, 1.807) is 30.3 Å². The number of nitrogens with one attached hydrogen (secondary N) is 3. The minimum Gasteiger partial charge on any atom is -0.484 e. The fourth-order valence-corrected chi connectivity index (χ4v) is 3.15. The Morgan fingerprint density at radius 2 is 1.77 bits per heavy atom. The van der Waals surface area contributed by atoms with Crippen molar-refractivity contribution in [3.05, 3.63) is 58.1 Å². The first-order chi connectivity index (χ1) is 14.1. The number of anilines is 1. The molecule has 2 aromatic rings. The van der Waals surface area contributed by atoms with Crippen molar-refractivity contribution in [3.8, 4) is 5.75 Å². The van der Waals surface area contributed by atoms with E-state index in [2.05, 4.69) is 16.0 Å². The molecule has 0 aromatic heterocycles. The Kier molecular flexibility index (Phi) is 9.60. The lowest BCUT2D eigenvalue weighted by Crippen LogP contribution is -2.57. The Hall–Kier alpha value is -1.15. The van der Waals surface area contributed by atoms with E-state index >= 15 is 0 Å². The summed E-state index contributed by atoms with van der Waals surface area (Å²) in [4.78, 5) is 12.3. The molecule has 0 heterocycles. The van der Waals surface area contributed by atoms with Crippen molar-refractivity contribution in [3.63, 3.8) is 0 Å². The zero-order chi connectivity index (χ0) is 22.3. The number of ether oxygens (including phenoxy) is 1. The summed E-state index contributed by atoms with van der Waals surface area (Å²) in [5, 5.41) is 9.02. The SMILES string of the molecule is CCc1ccc(OCC(=O)NC(NC(=S)Nc2cc(Cl)ccc2Cl)C(Cl)(Cl)Cl)cc1. The minimum absolute atomic E-state index is 0.0619. The molecule has 0 spiro atoms. The Labute approximate surface area is 205 Å². The van der Waals surface area contributed by atoms with Gasteiger partial charge in [0.1, 0.15) is 11.9 Å². The second-order valence-corrected chi connectivity index (χ2v) is 9.67. The predicted octanol–water partition coefficient (Wildman–Crippen LogP) is 5.73. The smallest absolute Gasteiger partial charge is 0.259 e. The first kappa shape index (κ1) is 25.1. The van der Waals surface area contributed by atoms with Gasteiger partial charge in [-0.1, -0.05) is 77.1 Å². The van der Waals surface area contributed by atoms with Crippen LogP contribution in [-0.2, 0) is 11.2 Å². The largest absolute Gasteiger partial charge is 0.484 e. The normalized spacial score (nSPS) is 12.1. The molecule has 0 radical (unpaired) electrons. The van der Waals surface area contributed by atoms with Crippen molar-refractivity contribution >= 4 is 86.9 Å². The maximum Gasteiger partial charge on any atom is 0.259 e. The van der Waals surface area contributed by atoms with E-state index in [1.165, 1.54) is 0 Å². The monoisotopic (exact) mass is 527 g/mol. The van der Waals surface area contributed by atoms with Crippen LogP contribution in [0.4, 0.5) is 5.69 Å². The number of carbonyl (C=O) groups excluding carboxylic acids is 1. The van der Waals surface area contributed by atoms with Gasteiger partial charge in [0.05, 0.1) is 10.7 Å². The number of benzene rings is 2. The van der Waals surface area contributed by atoms with Gasteiger partial charge in [-0.3, -0.25) is 4.79 Å². The Morgan fingerprint density at radius 1 is 1.10 bits per heavy atom. The highest BCUT2D eigenvalue weighted by molar-refractivity contribution is 7.80. The lowest BCUT2D eigenvalue weighted by Gasteiger charge is -2.27. The summed E-state index contributed by atoms with van der Waals surface area (Å²) in [7, 11) is 0. The molecule has 0 aliphatic carbocycles. The molecule has 0 fully saturated rings. The summed E-state index contributed by atoms with van der Waals surface area (Å²) in [6, 6.07) is 12.2. The van der Waals surface area contributed by atoms with Crippen LogP contribution in [0.3, 0.4) is 0 Å². The van der Waals surface area contributed by atoms with E-state index in [-0.39, 0.29) is 11.7 Å². The van der Waals surface area contributed by atoms with Crippen LogP contribution < -0.4 is 20.7 Å². The third-order valence-electron chi connectivity index (χ3n) is 3.79. The second kappa shape index (κ2) is 11.5. The molecule has 2 aromatic carbocycles. The van der Waals surface area contributed by atoms with Crippen LogP contribution in [0.1, 0.15) is 12.5 Å². The van der Waals surface area contributed by atoms with Gasteiger partial charge in [0.15, 0.2) is 11.7 Å². The standard InChI is InChI=1S/C19H18Cl5N3O2S/c1-2-11-3-6-13(7-4-11)29-10-16(28)26-17(19(22,23)24)27-18(30)25-15-9-12(20)5-8-14(15)21/h3-9,17H,2,10H2,1H3,(H,26,28)(H2,25,27,30). The number of rotatable bonds is 7. The first-order valence-electron chi connectivity index (χ1n) is 8.69. The summed E-state index contributed by atoms with van der Waals surface area (Å²) in [6.45, 7) is 1.78. The summed E-state index contributed by atoms with van der Waals surface area (Å²) in [5.74, 6) is 0.0375. The quantitative estimate of drug-likeness (QED) is 0.243. The molecule has 3 N–H and O–H groups in total. The van der Waals surface area contributed by atoms with Crippen molar-refractivity contribution < 1.29 is 9.53 Å². The average Bonchev–Trinajstić information content (AvgIpc) is 2.68. The molecule has 0 saturated carbocycles. The van der Waals surface area contributed by atoms with E-state index in [4.69, 9.17) is 75.0 Å². The number of alkyl halides is 3. The van der Waals surface area contributed by atoms with E-state index in [0.717, 1.165) is 12.0 Å². The highest BCUT2D eigenvalue weighted by atomic mass is 35.6. The van der Waals surface area contributed by atoms with Gasteiger partial charge in [-0.05, 0) is 54.5 Å². The van der Waals surface area contributed by atoms with Crippen molar-refractivity contribution in [2.45, 2.75) is 23.3 Å². The molecule has 0 bridgehead atoms. The maximum atomic E-state index is 12.3. The van der Waals surface area contributed by atoms with Crippen LogP contribution in [-0.4, -0.2) is 27.6 Å². The van der Waals surface area contributed by atoms with Crippen molar-refractivity contribution in [1.82, 2.24) is 10.6 Å². The average molecular weight is 530 g/mol. The molecular formula is C19H18Cl5N3O2S. The summed E-state index contributed by atoms with van der Waals surface area (Å²) < 4.78 is 3.56. The second-order valence-electron chi connectivity index (χ2n) is 6.05. The van der Waals surface area contributed by atoms with Crippen LogP contribution in [0.2, 0.25) is 10.0 Å². The molecule has 5 nitrogen and oxygen atoms in total. The number of halogens is 5. The number of hydrogen-bond acceptors (Lipinski definition) is 3. The number of hydrogen-bond donors (Lipinski definition) is 3. The Morgan fingerprint density at radius 3 is 2.37 bits per heavy atom. The third-order valence-corrected chi connectivity index (χ3v) is 5.23. The number of thiocarbonyl (C=S) groups is 1. The van der Waals surface area contributed by atoms with Crippen molar-refractivity contribution in [1.29, 1.82) is 0 Å². The van der Waals surface area contributed by atoms with E-state index < -0.39 is 15.9 Å². The van der Waals surface area contributed by atoms with Crippen LogP contribution in [0.25, 0.3) is 0 Å². The third kappa shape index (κ3) is 8.17. The highest BCUT2D eigenvalue weighted by Gasteiger charge is 2.34. The fraction of sp³-hybridized carbons (Fsp3) is 0.263. The molecule has 2 rings (SSSR count). The molecule has 1 unspecified atom stereocenters. The van der Waals surface area contributed by atoms with Gasteiger partial charge < -0.3 is 20.7 Å². The summed E-state index contributed by atoms with van der Waals surface area (Å²) in [6.07, 6.45) is -0.231.